The highest BCUT2D eigenvalue weighted by atomic mass is 15.4. The highest BCUT2D eigenvalue weighted by Crippen LogP contribution is 2.19. The average Bonchev–Trinajstić information content (AvgIpc) is 2.61. The van der Waals surface area contributed by atoms with Gasteiger partial charge >= 0.3 is 0 Å². The van der Waals surface area contributed by atoms with Crippen LogP contribution in [0, 0.1) is 6.92 Å². The molecule has 0 spiro atoms. The van der Waals surface area contributed by atoms with Crippen molar-refractivity contribution in [3.8, 4) is 0 Å². The van der Waals surface area contributed by atoms with Crippen LogP contribution >= 0.6 is 0 Å². The molecular formula is C21H44N6. The molecule has 0 aliphatic heterocycles. The van der Waals surface area contributed by atoms with Crippen molar-refractivity contribution in [2.24, 2.45) is 0 Å². The second-order valence-electron chi connectivity index (χ2n) is 7.32. The standard InChI is InChI=1S/C20H40N6.CH4/c1-8-11-13-16-25(15-12-9-2)19-21-17(4)22-20(23-19)26(14-10-3)18(5)24(6)7;/h18H,8-16H2,1-7H3;1H4. The van der Waals surface area contributed by atoms with Crippen LogP contribution in [0.4, 0.5) is 11.9 Å². The SMILES string of the molecule is C.CCCCCN(CCCC)c1nc(C)nc(N(CCC)C(C)N(C)C)n1. The summed E-state index contributed by atoms with van der Waals surface area (Å²) in [6.07, 6.45) is 7.32. The van der Waals surface area contributed by atoms with Crippen LogP contribution in [0.25, 0.3) is 0 Å². The molecule has 0 amide bonds. The lowest BCUT2D eigenvalue weighted by molar-refractivity contribution is 0.298. The van der Waals surface area contributed by atoms with Gasteiger partial charge in [0.25, 0.3) is 0 Å². The third-order valence-electron chi connectivity index (χ3n) is 4.74. The highest BCUT2D eigenvalue weighted by molar-refractivity contribution is 5.39. The first-order chi connectivity index (χ1) is 12.4. The fraction of sp³-hybridized carbons (Fsp3) is 0.857. The van der Waals surface area contributed by atoms with Gasteiger partial charge in [-0.15, -0.1) is 0 Å². The zero-order valence-electron chi connectivity index (χ0n) is 18.1. The first-order valence-electron chi connectivity index (χ1n) is 10.3. The minimum atomic E-state index is 0. The summed E-state index contributed by atoms with van der Waals surface area (Å²) >= 11 is 0. The average molecular weight is 381 g/mol. The molecule has 1 heterocycles. The number of rotatable bonds is 13. The first-order valence-corrected chi connectivity index (χ1v) is 10.3. The molecule has 0 aliphatic carbocycles. The van der Waals surface area contributed by atoms with E-state index in [4.69, 9.17) is 4.98 Å². The van der Waals surface area contributed by atoms with E-state index in [1.165, 1.54) is 32.1 Å². The Morgan fingerprint density at radius 1 is 0.778 bits per heavy atom. The number of hydrogen-bond acceptors (Lipinski definition) is 6. The molecule has 1 aromatic heterocycles. The third-order valence-corrected chi connectivity index (χ3v) is 4.74. The van der Waals surface area contributed by atoms with Crippen molar-refractivity contribution in [3.05, 3.63) is 5.82 Å². The Morgan fingerprint density at radius 3 is 1.93 bits per heavy atom. The molecule has 1 rings (SSSR count). The van der Waals surface area contributed by atoms with E-state index in [2.05, 4.69) is 66.5 Å². The second-order valence-corrected chi connectivity index (χ2v) is 7.32. The van der Waals surface area contributed by atoms with E-state index in [1.807, 2.05) is 6.92 Å². The predicted molar refractivity (Wildman–Crippen MR) is 119 cm³/mol. The van der Waals surface area contributed by atoms with Gasteiger partial charge in [0.15, 0.2) is 0 Å². The zero-order chi connectivity index (χ0) is 19.5. The molecule has 6 heteroatoms. The molecule has 0 saturated heterocycles. The summed E-state index contributed by atoms with van der Waals surface area (Å²) in [6, 6.07) is 0. The maximum Gasteiger partial charge on any atom is 0.231 e. The number of anilines is 2. The van der Waals surface area contributed by atoms with Crippen LogP contribution in [0.15, 0.2) is 0 Å². The van der Waals surface area contributed by atoms with Crippen molar-refractivity contribution in [1.29, 1.82) is 0 Å². The summed E-state index contributed by atoms with van der Waals surface area (Å²) in [6.45, 7) is 13.8. The topological polar surface area (TPSA) is 48.4 Å². The molecule has 0 saturated carbocycles. The third kappa shape index (κ3) is 8.41. The van der Waals surface area contributed by atoms with Crippen LogP contribution in [-0.4, -0.2) is 59.7 Å². The first kappa shape index (κ1) is 25.6. The van der Waals surface area contributed by atoms with Crippen molar-refractivity contribution < 1.29 is 0 Å². The molecule has 1 aromatic rings. The Hall–Kier alpha value is -1.43. The summed E-state index contributed by atoms with van der Waals surface area (Å²) in [5.41, 5.74) is 0. The Bertz CT molecular complexity index is 505. The molecule has 0 N–H and O–H groups in total. The van der Waals surface area contributed by atoms with E-state index < -0.39 is 0 Å². The van der Waals surface area contributed by atoms with Crippen molar-refractivity contribution in [3.63, 3.8) is 0 Å². The zero-order valence-corrected chi connectivity index (χ0v) is 18.1. The van der Waals surface area contributed by atoms with Crippen molar-refractivity contribution in [2.45, 2.75) is 86.7 Å². The van der Waals surface area contributed by atoms with E-state index in [0.717, 1.165) is 43.8 Å². The maximum atomic E-state index is 4.89. The Labute approximate surface area is 168 Å². The number of unbranched alkanes of at least 4 members (excludes halogenated alkanes) is 3. The summed E-state index contributed by atoms with van der Waals surface area (Å²) in [4.78, 5) is 21.1. The van der Waals surface area contributed by atoms with Gasteiger partial charge in [-0.3, -0.25) is 4.90 Å². The monoisotopic (exact) mass is 380 g/mol. The van der Waals surface area contributed by atoms with Gasteiger partial charge in [-0.2, -0.15) is 15.0 Å². The van der Waals surface area contributed by atoms with Gasteiger partial charge in [-0.25, -0.2) is 0 Å². The van der Waals surface area contributed by atoms with Crippen molar-refractivity contribution in [2.75, 3.05) is 43.5 Å². The summed E-state index contributed by atoms with van der Waals surface area (Å²) < 4.78 is 0. The van der Waals surface area contributed by atoms with Crippen molar-refractivity contribution >= 4 is 11.9 Å². The normalized spacial score (nSPS) is 12.0. The van der Waals surface area contributed by atoms with Crippen LogP contribution < -0.4 is 9.80 Å². The predicted octanol–water partition coefficient (Wildman–Crippen LogP) is 4.74. The molecule has 0 bridgehead atoms. The maximum absolute atomic E-state index is 4.89. The Morgan fingerprint density at radius 2 is 1.37 bits per heavy atom. The number of nitrogens with zero attached hydrogens (tertiary/aromatic N) is 6. The molecule has 27 heavy (non-hydrogen) atoms. The van der Waals surface area contributed by atoms with Crippen LogP contribution in [-0.2, 0) is 0 Å². The van der Waals surface area contributed by atoms with Crippen LogP contribution in [0.2, 0.25) is 0 Å². The highest BCUT2D eigenvalue weighted by Gasteiger charge is 2.21. The summed E-state index contributed by atoms with van der Waals surface area (Å²) in [5.74, 6) is 2.44. The lowest BCUT2D eigenvalue weighted by Gasteiger charge is -2.34. The number of aryl methyl sites for hydroxylation is 1. The number of aromatic nitrogens is 3. The smallest absolute Gasteiger partial charge is 0.231 e. The quantitative estimate of drug-likeness (QED) is 0.364. The van der Waals surface area contributed by atoms with Gasteiger partial charge in [0.2, 0.25) is 11.9 Å². The molecule has 1 atom stereocenters. The number of hydrogen-bond donors (Lipinski definition) is 0. The summed E-state index contributed by atoms with van der Waals surface area (Å²) in [5, 5.41) is 0. The van der Waals surface area contributed by atoms with Gasteiger partial charge in [0, 0.05) is 19.6 Å². The Kier molecular flexibility index (Phi) is 13.0. The summed E-state index contributed by atoms with van der Waals surface area (Å²) in [7, 11) is 4.20. The molecule has 158 valence electrons. The van der Waals surface area contributed by atoms with Gasteiger partial charge in [-0.05, 0) is 47.2 Å². The second kappa shape index (κ2) is 13.7. The van der Waals surface area contributed by atoms with Gasteiger partial charge in [-0.1, -0.05) is 47.5 Å². The van der Waals surface area contributed by atoms with Crippen LogP contribution in [0.5, 0.6) is 0 Å². The van der Waals surface area contributed by atoms with Gasteiger partial charge in [0.1, 0.15) is 5.82 Å². The van der Waals surface area contributed by atoms with E-state index >= 15 is 0 Å². The van der Waals surface area contributed by atoms with Gasteiger partial charge < -0.3 is 9.80 Å². The molecule has 1 unspecified atom stereocenters. The van der Waals surface area contributed by atoms with E-state index in [0.29, 0.717) is 0 Å². The molecule has 0 fully saturated rings. The van der Waals surface area contributed by atoms with E-state index in [9.17, 15) is 0 Å². The van der Waals surface area contributed by atoms with Gasteiger partial charge in [0.05, 0.1) is 6.17 Å². The van der Waals surface area contributed by atoms with E-state index in [-0.39, 0.29) is 13.6 Å². The lowest BCUT2D eigenvalue weighted by atomic mass is 10.2. The molecular weight excluding hydrogens is 336 g/mol. The van der Waals surface area contributed by atoms with Crippen molar-refractivity contribution in [1.82, 2.24) is 19.9 Å². The van der Waals surface area contributed by atoms with Crippen LogP contribution in [0.3, 0.4) is 0 Å². The minimum Gasteiger partial charge on any atom is -0.341 e. The fourth-order valence-corrected chi connectivity index (χ4v) is 2.91. The van der Waals surface area contributed by atoms with Crippen LogP contribution in [0.1, 0.15) is 79.5 Å². The fourth-order valence-electron chi connectivity index (χ4n) is 2.91. The lowest BCUT2D eigenvalue weighted by Crippen LogP contribution is -2.44. The molecule has 6 nitrogen and oxygen atoms in total. The van der Waals surface area contributed by atoms with E-state index in [1.54, 1.807) is 0 Å². The molecule has 0 radical (unpaired) electrons. The molecule has 0 aromatic carbocycles. The molecule has 0 aliphatic rings. The Balaban J connectivity index is 0.00000676. The largest absolute Gasteiger partial charge is 0.341 e. The minimum absolute atomic E-state index is 0.